The molecule has 1 aromatic carbocycles. The largest absolute Gasteiger partial charge is 0.370 e. The second kappa shape index (κ2) is 8.37. The van der Waals surface area contributed by atoms with E-state index in [-0.39, 0.29) is 4.90 Å². The number of sulfonamides is 1. The number of carbonyl (C=O) groups is 1. The van der Waals surface area contributed by atoms with Gasteiger partial charge in [-0.3, -0.25) is 10.2 Å². The molecule has 2 rings (SSSR count). The van der Waals surface area contributed by atoms with Gasteiger partial charge in [-0.1, -0.05) is 0 Å². The lowest BCUT2D eigenvalue weighted by molar-refractivity contribution is -0.908. The Hall–Kier alpha value is -1.52. The number of morpholine rings is 1. The van der Waals surface area contributed by atoms with E-state index in [1.54, 1.807) is 0 Å². The molecule has 23 heavy (non-hydrogen) atoms. The minimum Gasteiger partial charge on any atom is -0.370 e. The van der Waals surface area contributed by atoms with Crippen LogP contribution in [0.4, 0.5) is 0 Å². The van der Waals surface area contributed by atoms with Gasteiger partial charge >= 0.3 is 0 Å². The molecule has 0 aromatic heterocycles. The van der Waals surface area contributed by atoms with E-state index < -0.39 is 15.9 Å². The molecule has 1 amide bonds. The van der Waals surface area contributed by atoms with Crippen LogP contribution in [0.3, 0.4) is 0 Å². The molecule has 0 aliphatic carbocycles. The van der Waals surface area contributed by atoms with Crippen LogP contribution < -0.4 is 20.9 Å². The van der Waals surface area contributed by atoms with Gasteiger partial charge in [-0.25, -0.2) is 19.0 Å². The van der Waals surface area contributed by atoms with E-state index in [0.717, 1.165) is 39.3 Å². The van der Waals surface area contributed by atoms with Crippen molar-refractivity contribution >= 4 is 15.9 Å². The lowest BCUT2D eigenvalue weighted by Gasteiger charge is -2.23. The summed E-state index contributed by atoms with van der Waals surface area (Å²) in [5, 5.41) is 0. The van der Waals surface area contributed by atoms with Crippen LogP contribution in [-0.4, -0.2) is 53.7 Å². The number of rotatable bonds is 7. The molecule has 1 saturated heterocycles. The summed E-state index contributed by atoms with van der Waals surface area (Å²) >= 11 is 0. The number of amides is 1. The summed E-state index contributed by atoms with van der Waals surface area (Å²) in [6.07, 6.45) is 0.766. The first-order chi connectivity index (χ1) is 11.0. The van der Waals surface area contributed by atoms with Crippen molar-refractivity contribution in [3.63, 3.8) is 0 Å². The van der Waals surface area contributed by atoms with E-state index in [9.17, 15) is 13.2 Å². The number of carbonyl (C=O) groups excluding carboxylic acids is 1. The van der Waals surface area contributed by atoms with Crippen molar-refractivity contribution in [3.05, 3.63) is 29.8 Å². The maximum absolute atomic E-state index is 12.2. The van der Waals surface area contributed by atoms with E-state index >= 15 is 0 Å². The summed E-state index contributed by atoms with van der Waals surface area (Å²) in [4.78, 5) is 12.9. The Morgan fingerprint density at radius 2 is 1.87 bits per heavy atom. The fourth-order valence-electron chi connectivity index (χ4n) is 2.41. The molecule has 0 atom stereocenters. The van der Waals surface area contributed by atoms with Crippen LogP contribution in [-0.2, 0) is 14.8 Å². The van der Waals surface area contributed by atoms with Crippen LogP contribution in [0.15, 0.2) is 29.2 Å². The van der Waals surface area contributed by atoms with E-state index in [4.69, 9.17) is 10.6 Å². The predicted octanol–water partition coefficient (Wildman–Crippen LogP) is -2.13. The Balaban J connectivity index is 1.82. The van der Waals surface area contributed by atoms with Gasteiger partial charge in [0, 0.05) is 18.5 Å². The highest BCUT2D eigenvalue weighted by Crippen LogP contribution is 2.10. The third-order valence-corrected chi connectivity index (χ3v) is 5.23. The standard InChI is InChI=1S/C14H22N4O4S/c15-17-14(19)12-2-4-13(5-3-12)23(20,21)16-6-1-7-18-8-10-22-11-9-18/h2-5,16H,1,6-11,15H2,(H,17,19)/p+1. The van der Waals surface area contributed by atoms with Gasteiger partial charge < -0.3 is 9.64 Å². The quantitative estimate of drug-likeness (QED) is 0.195. The van der Waals surface area contributed by atoms with Gasteiger partial charge in [-0.15, -0.1) is 0 Å². The van der Waals surface area contributed by atoms with Crippen LogP contribution in [0.1, 0.15) is 16.8 Å². The minimum absolute atomic E-state index is 0.129. The van der Waals surface area contributed by atoms with Crippen LogP contribution in [0.25, 0.3) is 0 Å². The first-order valence-corrected chi connectivity index (χ1v) is 9.03. The highest BCUT2D eigenvalue weighted by atomic mass is 32.2. The third kappa shape index (κ3) is 5.26. The Morgan fingerprint density at radius 3 is 2.48 bits per heavy atom. The molecule has 0 saturated carbocycles. The molecule has 0 spiro atoms. The molecular formula is C14H23N4O4S+. The normalized spacial score (nSPS) is 16.2. The van der Waals surface area contributed by atoms with Gasteiger partial charge in [-0.05, 0) is 24.3 Å². The smallest absolute Gasteiger partial charge is 0.265 e. The fraction of sp³-hybridized carbons (Fsp3) is 0.500. The number of nitrogen functional groups attached to an aromatic ring is 1. The summed E-state index contributed by atoms with van der Waals surface area (Å²) in [5.41, 5.74) is 2.31. The number of hydrogen-bond acceptors (Lipinski definition) is 5. The lowest BCUT2D eigenvalue weighted by Crippen LogP contribution is -3.14. The zero-order valence-electron chi connectivity index (χ0n) is 12.9. The zero-order valence-corrected chi connectivity index (χ0v) is 13.7. The van der Waals surface area contributed by atoms with Gasteiger partial charge in [0.1, 0.15) is 13.1 Å². The topological polar surface area (TPSA) is 115 Å². The number of hydrazine groups is 1. The number of ether oxygens (including phenoxy) is 1. The second-order valence-corrected chi connectivity index (χ2v) is 7.13. The molecule has 0 radical (unpaired) electrons. The maximum Gasteiger partial charge on any atom is 0.265 e. The van der Waals surface area contributed by atoms with Crippen LogP contribution >= 0.6 is 0 Å². The number of nitrogens with two attached hydrogens (primary N) is 1. The molecule has 1 fully saturated rings. The highest BCUT2D eigenvalue weighted by Gasteiger charge is 2.16. The van der Waals surface area contributed by atoms with Crippen molar-refractivity contribution < 1.29 is 22.8 Å². The van der Waals surface area contributed by atoms with Crippen molar-refractivity contribution in [2.24, 2.45) is 5.84 Å². The van der Waals surface area contributed by atoms with E-state index in [2.05, 4.69) is 4.72 Å². The first-order valence-electron chi connectivity index (χ1n) is 7.55. The van der Waals surface area contributed by atoms with Crippen molar-refractivity contribution in [1.29, 1.82) is 0 Å². The van der Waals surface area contributed by atoms with Crippen LogP contribution in [0.5, 0.6) is 0 Å². The van der Waals surface area contributed by atoms with Gasteiger partial charge in [-0.2, -0.15) is 0 Å². The summed E-state index contributed by atoms with van der Waals surface area (Å²) < 4.78 is 32.2. The minimum atomic E-state index is -3.56. The molecule has 1 aliphatic heterocycles. The summed E-state index contributed by atoms with van der Waals surface area (Å²) in [6.45, 7) is 4.78. The number of benzene rings is 1. The Bertz CT molecular complexity index is 612. The number of nitrogens with one attached hydrogen (secondary N) is 3. The molecule has 8 nitrogen and oxygen atoms in total. The van der Waals surface area contributed by atoms with Crippen molar-refractivity contribution in [2.75, 3.05) is 39.4 Å². The molecule has 1 aromatic rings. The average molecular weight is 343 g/mol. The van der Waals surface area contributed by atoms with E-state index in [1.165, 1.54) is 29.2 Å². The molecule has 5 N–H and O–H groups in total. The van der Waals surface area contributed by atoms with Crippen LogP contribution in [0.2, 0.25) is 0 Å². The Kier molecular flexibility index (Phi) is 6.48. The highest BCUT2D eigenvalue weighted by molar-refractivity contribution is 7.89. The zero-order chi connectivity index (χ0) is 16.7. The van der Waals surface area contributed by atoms with Crippen molar-refractivity contribution in [1.82, 2.24) is 10.1 Å². The molecule has 1 heterocycles. The number of quaternary nitrogens is 1. The molecule has 128 valence electrons. The summed E-state index contributed by atoms with van der Waals surface area (Å²) in [5.74, 6) is 4.57. The molecule has 9 heteroatoms. The van der Waals surface area contributed by atoms with Crippen LogP contribution in [0, 0.1) is 0 Å². The first kappa shape index (κ1) is 17.8. The summed E-state index contributed by atoms with van der Waals surface area (Å²) in [7, 11) is -3.56. The Labute approximate surface area is 136 Å². The molecular weight excluding hydrogens is 320 g/mol. The van der Waals surface area contributed by atoms with Crippen molar-refractivity contribution in [3.8, 4) is 0 Å². The van der Waals surface area contributed by atoms with E-state index in [0.29, 0.717) is 12.1 Å². The van der Waals surface area contributed by atoms with Gasteiger partial charge in [0.2, 0.25) is 10.0 Å². The fourth-order valence-corrected chi connectivity index (χ4v) is 3.48. The molecule has 0 unspecified atom stereocenters. The van der Waals surface area contributed by atoms with Gasteiger partial charge in [0.05, 0.1) is 24.7 Å². The number of hydrogen-bond donors (Lipinski definition) is 4. The predicted molar refractivity (Wildman–Crippen MR) is 84.3 cm³/mol. The van der Waals surface area contributed by atoms with Gasteiger partial charge in [0.25, 0.3) is 5.91 Å². The second-order valence-electron chi connectivity index (χ2n) is 5.36. The van der Waals surface area contributed by atoms with Crippen molar-refractivity contribution in [2.45, 2.75) is 11.3 Å². The van der Waals surface area contributed by atoms with Gasteiger partial charge in [0.15, 0.2) is 0 Å². The SMILES string of the molecule is NNC(=O)c1ccc(S(=O)(=O)NCCC[NH+]2CCOCC2)cc1. The lowest BCUT2D eigenvalue weighted by atomic mass is 10.2. The maximum atomic E-state index is 12.2. The molecule has 0 bridgehead atoms. The average Bonchev–Trinajstić information content (AvgIpc) is 2.59. The Morgan fingerprint density at radius 1 is 1.22 bits per heavy atom. The monoisotopic (exact) mass is 343 g/mol. The third-order valence-electron chi connectivity index (χ3n) is 3.76. The summed E-state index contributed by atoms with van der Waals surface area (Å²) in [6, 6.07) is 5.63. The molecule has 1 aliphatic rings. The van der Waals surface area contributed by atoms with E-state index in [1.807, 2.05) is 5.43 Å².